The number of carbonyl (C=O) groups excluding carboxylic acids is 1. The van der Waals surface area contributed by atoms with Crippen LogP contribution < -0.4 is 11.5 Å². The molecule has 1 atom stereocenters. The van der Waals surface area contributed by atoms with Crippen molar-refractivity contribution in [1.82, 2.24) is 0 Å². The van der Waals surface area contributed by atoms with Gasteiger partial charge in [0.1, 0.15) is 0 Å². The summed E-state index contributed by atoms with van der Waals surface area (Å²) in [6.07, 6.45) is 0.962. The average Bonchev–Trinajstić information content (AvgIpc) is 2.15. The zero-order valence-corrected chi connectivity index (χ0v) is 9.91. The molecule has 0 bridgehead atoms. The van der Waals surface area contributed by atoms with Crippen molar-refractivity contribution in [3.05, 3.63) is 29.8 Å². The van der Waals surface area contributed by atoms with Crippen LogP contribution in [0.4, 0.5) is 5.69 Å². The summed E-state index contributed by atoms with van der Waals surface area (Å²) in [5.41, 5.74) is 11.3. The van der Waals surface area contributed by atoms with Crippen molar-refractivity contribution < 1.29 is 13.2 Å². The number of rotatable bonds is 3. The zero-order valence-electron chi connectivity index (χ0n) is 9.10. The molecule has 0 spiro atoms. The second-order valence-corrected chi connectivity index (χ2v) is 6.12. The van der Waals surface area contributed by atoms with E-state index in [4.69, 9.17) is 11.5 Å². The van der Waals surface area contributed by atoms with Crippen LogP contribution in [0.5, 0.6) is 0 Å². The molecular weight excluding hydrogens is 228 g/mol. The number of benzene rings is 1. The van der Waals surface area contributed by atoms with E-state index in [0.717, 1.165) is 6.26 Å². The second kappa shape index (κ2) is 3.79. The predicted octanol–water partition coefficient (Wildman–Crippen LogP) is 0.0139. The fraction of sp³-hybridized carbons (Fsp3) is 0.300. The summed E-state index contributed by atoms with van der Waals surface area (Å²) < 4.78 is 21.6. The molecule has 0 saturated heterocycles. The van der Waals surface area contributed by atoms with Gasteiger partial charge in [-0.2, -0.15) is 0 Å². The highest BCUT2D eigenvalue weighted by Crippen LogP contribution is 2.33. The van der Waals surface area contributed by atoms with Crippen LogP contribution >= 0.6 is 0 Å². The van der Waals surface area contributed by atoms with E-state index in [1.807, 2.05) is 0 Å². The van der Waals surface area contributed by atoms with E-state index in [9.17, 15) is 13.2 Å². The number of sulfone groups is 1. The fourth-order valence-electron chi connectivity index (χ4n) is 1.45. The molecule has 1 rings (SSSR count). The van der Waals surface area contributed by atoms with Crippen LogP contribution in [0.15, 0.2) is 24.3 Å². The third kappa shape index (κ3) is 1.76. The Bertz CT molecular complexity index is 525. The first-order valence-electron chi connectivity index (χ1n) is 4.55. The zero-order chi connectivity index (χ0) is 12.6. The summed E-state index contributed by atoms with van der Waals surface area (Å²) in [4.78, 5) is 11.4. The number of anilines is 1. The summed E-state index contributed by atoms with van der Waals surface area (Å²) >= 11 is 0. The van der Waals surface area contributed by atoms with Crippen LogP contribution in [0.1, 0.15) is 12.5 Å². The van der Waals surface area contributed by atoms with Crippen LogP contribution in [0, 0.1) is 0 Å². The number of hydrogen-bond acceptors (Lipinski definition) is 4. The molecule has 0 aliphatic rings. The van der Waals surface area contributed by atoms with E-state index in [0.29, 0.717) is 0 Å². The maximum absolute atomic E-state index is 11.7. The minimum Gasteiger partial charge on any atom is -0.398 e. The fourth-order valence-corrected chi connectivity index (χ4v) is 2.40. The maximum atomic E-state index is 11.7. The number of carbonyl (C=O) groups is 1. The molecule has 4 N–H and O–H groups in total. The van der Waals surface area contributed by atoms with Crippen molar-refractivity contribution in [2.45, 2.75) is 11.7 Å². The Morgan fingerprint density at radius 3 is 2.19 bits per heavy atom. The minimum absolute atomic E-state index is 0.213. The van der Waals surface area contributed by atoms with Crippen LogP contribution in [-0.4, -0.2) is 20.6 Å². The van der Waals surface area contributed by atoms with E-state index < -0.39 is 20.5 Å². The van der Waals surface area contributed by atoms with Gasteiger partial charge in [0.25, 0.3) is 0 Å². The van der Waals surface area contributed by atoms with Gasteiger partial charge in [-0.3, -0.25) is 4.79 Å². The Labute approximate surface area is 94.4 Å². The Kier molecular flexibility index (Phi) is 2.96. The van der Waals surface area contributed by atoms with Gasteiger partial charge >= 0.3 is 0 Å². The molecule has 0 aliphatic carbocycles. The smallest absolute Gasteiger partial charge is 0.243 e. The standard InChI is InChI=1S/C10H14N2O3S/c1-10(9(12)13,16(2,14)15)7-5-3-4-6-8(7)11/h3-6H,11H2,1-2H3,(H2,12,13). The Morgan fingerprint density at radius 1 is 1.31 bits per heavy atom. The van der Waals surface area contributed by atoms with E-state index in [2.05, 4.69) is 0 Å². The van der Waals surface area contributed by atoms with E-state index >= 15 is 0 Å². The van der Waals surface area contributed by atoms with Gasteiger partial charge in [-0.1, -0.05) is 18.2 Å². The van der Waals surface area contributed by atoms with E-state index in [1.165, 1.54) is 19.1 Å². The molecule has 6 heteroatoms. The van der Waals surface area contributed by atoms with Gasteiger partial charge in [-0.25, -0.2) is 8.42 Å². The molecule has 1 aromatic carbocycles. The van der Waals surface area contributed by atoms with Crippen molar-refractivity contribution in [2.75, 3.05) is 12.0 Å². The normalized spacial score (nSPS) is 15.4. The number of hydrogen-bond donors (Lipinski definition) is 2. The molecule has 1 aromatic rings. The number of primary amides is 1. The van der Waals surface area contributed by atoms with Gasteiger partial charge in [0.15, 0.2) is 14.6 Å². The number of nitrogens with two attached hydrogens (primary N) is 2. The monoisotopic (exact) mass is 242 g/mol. The SMILES string of the molecule is CC(C(N)=O)(c1ccccc1N)S(C)(=O)=O. The van der Waals surface area contributed by atoms with Gasteiger partial charge in [0.2, 0.25) is 5.91 Å². The molecule has 0 heterocycles. The second-order valence-electron chi connectivity index (χ2n) is 3.76. The molecular formula is C10H14N2O3S. The van der Waals surface area contributed by atoms with Crippen LogP contribution in [0.3, 0.4) is 0 Å². The number of para-hydroxylation sites is 1. The lowest BCUT2D eigenvalue weighted by atomic mass is 9.98. The quantitative estimate of drug-likeness (QED) is 0.729. The third-order valence-electron chi connectivity index (χ3n) is 2.69. The highest BCUT2D eigenvalue weighted by atomic mass is 32.2. The van der Waals surface area contributed by atoms with Crippen molar-refractivity contribution in [1.29, 1.82) is 0 Å². The minimum atomic E-state index is -3.69. The van der Waals surface area contributed by atoms with E-state index in [-0.39, 0.29) is 11.3 Å². The van der Waals surface area contributed by atoms with Crippen molar-refractivity contribution in [3.63, 3.8) is 0 Å². The first-order chi connectivity index (χ1) is 7.21. The van der Waals surface area contributed by atoms with Gasteiger partial charge in [-0.15, -0.1) is 0 Å². The summed E-state index contributed by atoms with van der Waals surface area (Å²) in [7, 11) is -3.69. The first-order valence-corrected chi connectivity index (χ1v) is 6.45. The lowest BCUT2D eigenvalue weighted by Gasteiger charge is -2.25. The molecule has 1 amide bonds. The van der Waals surface area contributed by atoms with Gasteiger partial charge in [0.05, 0.1) is 0 Å². The molecule has 5 nitrogen and oxygen atoms in total. The lowest BCUT2D eigenvalue weighted by molar-refractivity contribution is -0.120. The molecule has 88 valence electrons. The summed E-state index contributed by atoms with van der Waals surface area (Å²) in [6.45, 7) is 1.26. The first kappa shape index (κ1) is 12.5. The van der Waals surface area contributed by atoms with Gasteiger partial charge in [0, 0.05) is 17.5 Å². The van der Waals surface area contributed by atoms with Crippen LogP contribution in [-0.2, 0) is 19.4 Å². The molecule has 0 aliphatic heterocycles. The highest BCUT2D eigenvalue weighted by Gasteiger charge is 2.44. The van der Waals surface area contributed by atoms with Crippen LogP contribution in [0.2, 0.25) is 0 Å². The number of nitrogen functional groups attached to an aromatic ring is 1. The topological polar surface area (TPSA) is 103 Å². The third-order valence-corrected chi connectivity index (χ3v) is 4.59. The Morgan fingerprint density at radius 2 is 1.81 bits per heavy atom. The molecule has 0 saturated carbocycles. The van der Waals surface area contributed by atoms with E-state index in [1.54, 1.807) is 12.1 Å². The van der Waals surface area contributed by atoms with Crippen molar-refractivity contribution >= 4 is 21.4 Å². The molecule has 16 heavy (non-hydrogen) atoms. The molecule has 0 fully saturated rings. The predicted molar refractivity (Wildman–Crippen MR) is 62.2 cm³/mol. The molecule has 0 aromatic heterocycles. The molecule has 0 radical (unpaired) electrons. The Hall–Kier alpha value is -1.56. The number of amides is 1. The van der Waals surface area contributed by atoms with Crippen molar-refractivity contribution in [2.24, 2.45) is 5.73 Å². The maximum Gasteiger partial charge on any atom is 0.243 e. The summed E-state index contributed by atoms with van der Waals surface area (Å²) in [5, 5.41) is 0. The average molecular weight is 242 g/mol. The Balaban J connectivity index is 3.59. The molecule has 1 unspecified atom stereocenters. The van der Waals surface area contributed by atoms with Crippen LogP contribution in [0.25, 0.3) is 0 Å². The van der Waals surface area contributed by atoms with Gasteiger partial charge < -0.3 is 11.5 Å². The summed E-state index contributed by atoms with van der Waals surface area (Å²) in [6, 6.07) is 6.28. The lowest BCUT2D eigenvalue weighted by Crippen LogP contribution is -2.45. The summed E-state index contributed by atoms with van der Waals surface area (Å²) in [5.74, 6) is -0.937. The van der Waals surface area contributed by atoms with Crippen molar-refractivity contribution in [3.8, 4) is 0 Å². The largest absolute Gasteiger partial charge is 0.398 e. The highest BCUT2D eigenvalue weighted by molar-refractivity contribution is 7.92. The van der Waals surface area contributed by atoms with Gasteiger partial charge in [-0.05, 0) is 13.0 Å².